The van der Waals surface area contributed by atoms with Crippen LogP contribution in [-0.2, 0) is 0 Å². The minimum absolute atomic E-state index is 0.0664. The summed E-state index contributed by atoms with van der Waals surface area (Å²) in [6.45, 7) is 0. The van der Waals surface area contributed by atoms with Gasteiger partial charge in [0.2, 0.25) is 0 Å². The Morgan fingerprint density at radius 3 is 1.50 bits per heavy atom. The zero-order chi connectivity index (χ0) is 14.4. The molecule has 5 heteroatoms. The van der Waals surface area contributed by atoms with Crippen molar-refractivity contribution in [2.45, 2.75) is 0 Å². The van der Waals surface area contributed by atoms with Gasteiger partial charge in [-0.25, -0.2) is 0 Å². The van der Waals surface area contributed by atoms with E-state index in [0.29, 0.717) is 12.6 Å². The predicted octanol–water partition coefficient (Wildman–Crippen LogP) is 1.93. The molecule has 20 heavy (non-hydrogen) atoms. The highest BCUT2D eigenvalue weighted by Gasteiger charge is 2.33. The second-order valence-corrected chi connectivity index (χ2v) is 4.41. The van der Waals surface area contributed by atoms with Gasteiger partial charge in [0.25, 0.3) is 0 Å². The van der Waals surface area contributed by atoms with E-state index >= 15 is 0 Å². The molecule has 0 saturated heterocycles. The van der Waals surface area contributed by atoms with Crippen molar-refractivity contribution >= 4 is 18.4 Å². The molecule has 0 aliphatic heterocycles. The number of phenols is 2. The molecule has 3 rings (SSSR count). The van der Waals surface area contributed by atoms with Crippen molar-refractivity contribution in [3.63, 3.8) is 0 Å². The molecule has 2 N–H and O–H groups in total. The topological polar surface area (TPSA) is 91.7 Å². The van der Waals surface area contributed by atoms with Gasteiger partial charge in [-0.3, -0.25) is 14.4 Å². The molecule has 2 aromatic rings. The van der Waals surface area contributed by atoms with Crippen molar-refractivity contribution in [1.82, 2.24) is 0 Å². The van der Waals surface area contributed by atoms with E-state index in [9.17, 15) is 24.6 Å². The molecule has 2 aromatic carbocycles. The van der Waals surface area contributed by atoms with Crippen molar-refractivity contribution in [2.75, 3.05) is 0 Å². The molecule has 0 aromatic heterocycles. The maximum atomic E-state index is 12.3. The molecule has 0 radical (unpaired) electrons. The first kappa shape index (κ1) is 12.1. The molecule has 0 unspecified atom stereocenters. The number of benzene rings is 2. The quantitative estimate of drug-likeness (QED) is 0.693. The van der Waals surface area contributed by atoms with E-state index in [1.807, 2.05) is 0 Å². The standard InChI is InChI=1S/C15H8O5/c16-5-9-11(18)3-1-7-13(9)14-8(15(7)20)2-4-12(19)10(14)6-17/h1-6,18-19H. The third-order valence-electron chi connectivity index (χ3n) is 3.42. The first-order valence-electron chi connectivity index (χ1n) is 5.77. The monoisotopic (exact) mass is 268 g/mol. The number of rotatable bonds is 2. The van der Waals surface area contributed by atoms with Crippen molar-refractivity contribution in [3.8, 4) is 22.6 Å². The number of aromatic hydroxyl groups is 2. The molecule has 0 atom stereocenters. The molecule has 98 valence electrons. The molecule has 0 amide bonds. The van der Waals surface area contributed by atoms with Crippen LogP contribution in [0.5, 0.6) is 11.5 Å². The normalized spacial score (nSPS) is 11.9. The molecule has 0 fully saturated rings. The summed E-state index contributed by atoms with van der Waals surface area (Å²) < 4.78 is 0. The van der Waals surface area contributed by atoms with Crippen LogP contribution in [0.15, 0.2) is 24.3 Å². The van der Waals surface area contributed by atoms with Gasteiger partial charge in [0.15, 0.2) is 18.4 Å². The van der Waals surface area contributed by atoms with E-state index in [4.69, 9.17) is 0 Å². The highest BCUT2D eigenvalue weighted by atomic mass is 16.3. The van der Waals surface area contributed by atoms with E-state index in [1.54, 1.807) is 0 Å². The summed E-state index contributed by atoms with van der Waals surface area (Å²) in [5.74, 6) is -0.902. The van der Waals surface area contributed by atoms with Gasteiger partial charge in [0, 0.05) is 22.3 Å². The average molecular weight is 268 g/mol. The van der Waals surface area contributed by atoms with Gasteiger partial charge in [0.05, 0.1) is 11.1 Å². The molecule has 5 nitrogen and oxygen atoms in total. The maximum Gasteiger partial charge on any atom is 0.194 e. The maximum absolute atomic E-state index is 12.3. The number of ketones is 1. The van der Waals surface area contributed by atoms with Gasteiger partial charge in [0.1, 0.15) is 11.5 Å². The lowest BCUT2D eigenvalue weighted by atomic mass is 9.95. The highest BCUT2D eigenvalue weighted by Crippen LogP contribution is 2.44. The summed E-state index contributed by atoms with van der Waals surface area (Å²) in [5.41, 5.74) is 0.713. The Balaban J connectivity index is 2.52. The van der Waals surface area contributed by atoms with Crippen molar-refractivity contribution in [3.05, 3.63) is 46.5 Å². The van der Waals surface area contributed by atoms with Crippen molar-refractivity contribution in [1.29, 1.82) is 0 Å². The first-order valence-corrected chi connectivity index (χ1v) is 5.77. The summed E-state index contributed by atoms with van der Waals surface area (Å²) in [7, 11) is 0. The second-order valence-electron chi connectivity index (χ2n) is 4.41. The zero-order valence-electron chi connectivity index (χ0n) is 10.1. The van der Waals surface area contributed by atoms with Crippen molar-refractivity contribution < 1.29 is 24.6 Å². The van der Waals surface area contributed by atoms with E-state index < -0.39 is 0 Å². The van der Waals surface area contributed by atoms with Crippen LogP contribution in [-0.4, -0.2) is 28.6 Å². The van der Waals surface area contributed by atoms with E-state index in [0.717, 1.165) is 0 Å². The van der Waals surface area contributed by atoms with Crippen LogP contribution in [0.2, 0.25) is 0 Å². The predicted molar refractivity (Wildman–Crippen MR) is 69.4 cm³/mol. The largest absolute Gasteiger partial charge is 0.507 e. The first-order chi connectivity index (χ1) is 9.60. The Kier molecular flexibility index (Phi) is 2.44. The minimum Gasteiger partial charge on any atom is -0.507 e. The number of hydrogen-bond donors (Lipinski definition) is 2. The fourth-order valence-electron chi connectivity index (χ4n) is 2.52. The van der Waals surface area contributed by atoms with E-state index in [2.05, 4.69) is 0 Å². The number of aldehydes is 2. The number of carbonyl (C=O) groups is 3. The van der Waals surface area contributed by atoms with Gasteiger partial charge >= 0.3 is 0 Å². The molecule has 0 heterocycles. The van der Waals surface area contributed by atoms with Crippen molar-refractivity contribution in [2.24, 2.45) is 0 Å². The minimum atomic E-state index is -0.346. The summed E-state index contributed by atoms with van der Waals surface area (Å²) in [6.07, 6.45) is 0.852. The third kappa shape index (κ3) is 1.34. The third-order valence-corrected chi connectivity index (χ3v) is 3.42. The number of phenolic OH excluding ortho intramolecular Hbond substituents is 2. The average Bonchev–Trinajstić information content (AvgIpc) is 2.72. The van der Waals surface area contributed by atoms with Gasteiger partial charge in [-0.2, -0.15) is 0 Å². The van der Waals surface area contributed by atoms with Crippen LogP contribution >= 0.6 is 0 Å². The second kappa shape index (κ2) is 4.03. The summed E-state index contributed by atoms with van der Waals surface area (Å²) in [4.78, 5) is 34.6. The lowest BCUT2D eigenvalue weighted by molar-refractivity contribution is 0.104. The lowest BCUT2D eigenvalue weighted by Crippen LogP contribution is -1.95. The molecule has 1 aliphatic carbocycles. The summed E-state index contributed by atoms with van der Waals surface area (Å²) >= 11 is 0. The Morgan fingerprint density at radius 2 is 1.15 bits per heavy atom. The van der Waals surface area contributed by atoms with E-state index in [-0.39, 0.29) is 50.7 Å². The molecule has 0 bridgehead atoms. The fraction of sp³-hybridized carbons (Fsp3) is 0. The molecule has 1 aliphatic rings. The van der Waals surface area contributed by atoms with Crippen LogP contribution in [0.1, 0.15) is 36.6 Å². The SMILES string of the molecule is O=Cc1c(O)ccc2c1-c1c(ccc(O)c1C=O)C2=O. The summed E-state index contributed by atoms with van der Waals surface area (Å²) in [6, 6.07) is 5.30. The Morgan fingerprint density at radius 1 is 0.750 bits per heavy atom. The highest BCUT2D eigenvalue weighted by molar-refractivity contribution is 6.26. The van der Waals surface area contributed by atoms with Crippen LogP contribution in [0.4, 0.5) is 0 Å². The smallest absolute Gasteiger partial charge is 0.194 e. The molecular weight excluding hydrogens is 260 g/mol. The van der Waals surface area contributed by atoms with Gasteiger partial charge in [-0.1, -0.05) is 0 Å². The van der Waals surface area contributed by atoms with Crippen LogP contribution < -0.4 is 0 Å². The Bertz CT molecular complexity index is 724. The van der Waals surface area contributed by atoms with Gasteiger partial charge < -0.3 is 10.2 Å². The molecule has 0 saturated carbocycles. The van der Waals surface area contributed by atoms with Crippen LogP contribution in [0.25, 0.3) is 11.1 Å². The van der Waals surface area contributed by atoms with Gasteiger partial charge in [-0.15, -0.1) is 0 Å². The number of fused-ring (bicyclic) bond motifs is 3. The van der Waals surface area contributed by atoms with Crippen LogP contribution in [0, 0.1) is 0 Å². The fourth-order valence-corrected chi connectivity index (χ4v) is 2.52. The number of carbonyl (C=O) groups excluding carboxylic acids is 3. The number of hydrogen-bond acceptors (Lipinski definition) is 5. The summed E-state index contributed by atoms with van der Waals surface area (Å²) in [5, 5.41) is 19.5. The Labute approximate surface area is 113 Å². The van der Waals surface area contributed by atoms with E-state index in [1.165, 1.54) is 24.3 Å². The molecule has 0 spiro atoms. The Hall–Kier alpha value is -2.95. The zero-order valence-corrected chi connectivity index (χ0v) is 10.1. The van der Waals surface area contributed by atoms with Gasteiger partial charge in [-0.05, 0) is 24.3 Å². The van der Waals surface area contributed by atoms with Crippen LogP contribution in [0.3, 0.4) is 0 Å². The molecular formula is C15H8O5. The lowest BCUT2D eigenvalue weighted by Gasteiger charge is -2.08.